The first-order valence-electron chi connectivity index (χ1n) is 30.0. The highest BCUT2D eigenvalue weighted by atomic mass is 16.2. The molecule has 2 aliphatic rings. The molecule has 0 aliphatic carbocycles. The fourth-order valence-corrected chi connectivity index (χ4v) is 11.1. The number of Topliss-reactive ketones (excluding diaryl/α,β-unsaturated/α-hetero) is 4. The van der Waals surface area contributed by atoms with E-state index in [9.17, 15) is 0 Å². The van der Waals surface area contributed by atoms with Gasteiger partial charge < -0.3 is 9.97 Å². The molecule has 3 aromatic heterocycles. The third kappa shape index (κ3) is 11.6. The van der Waals surface area contributed by atoms with Crippen LogP contribution in [0.5, 0.6) is 0 Å². The Labute approximate surface area is 500 Å². The highest BCUT2D eigenvalue weighted by Gasteiger charge is 2.38. The average molecular weight is 1120 g/mol. The number of ketones is 4. The molecule has 7 aromatic rings. The van der Waals surface area contributed by atoms with E-state index >= 15 is 19.2 Å². The van der Waals surface area contributed by atoms with Crippen molar-refractivity contribution >= 4 is 45.2 Å². The van der Waals surface area contributed by atoms with Gasteiger partial charge in [0.25, 0.3) is 23.1 Å². The first kappa shape index (κ1) is 61.2. The number of H-pyrrole nitrogens is 2. The van der Waals surface area contributed by atoms with Crippen LogP contribution >= 0.6 is 0 Å². The summed E-state index contributed by atoms with van der Waals surface area (Å²) in [5.41, 5.74) is 12.4. The fourth-order valence-electron chi connectivity index (χ4n) is 11.1. The van der Waals surface area contributed by atoms with Gasteiger partial charge in [-0.05, 0) is 134 Å². The highest BCUT2D eigenvalue weighted by Crippen LogP contribution is 2.45. The number of hydrogen-bond acceptors (Lipinski definition) is 6. The standard InChI is InChI=1S/C76H90N4O4/c1-69(2,3)45-29-41(30-46(37-45)70(4,5)6)57-53-25-26-54(77-53)58(42-31-47(71(7,8)9)38-48(32-42)72(10,11)12)63-67(83)68(84)64(80-63)60(44-35-51(75(19,20)21)40-52(36-44)76(22,23)24)56-28-27-55(78-56)59(62-66(82)65(81)61(57)79-62)43-33-49(73(13,14)15)39-50(34-43)74(16,17)18/h25-40,77-78H,1-24H3. The van der Waals surface area contributed by atoms with Crippen LogP contribution in [0.25, 0.3) is 66.6 Å². The van der Waals surface area contributed by atoms with E-state index in [1.807, 2.05) is 24.3 Å². The molecule has 2 aliphatic heterocycles. The minimum absolute atomic E-state index is 0.000971. The van der Waals surface area contributed by atoms with Crippen molar-refractivity contribution in [3.63, 3.8) is 0 Å². The monoisotopic (exact) mass is 1120 g/mol. The molecule has 5 heterocycles. The Kier molecular flexibility index (Phi) is 14.7. The highest BCUT2D eigenvalue weighted by molar-refractivity contribution is 6.53. The maximum absolute atomic E-state index is 15.6. The minimum atomic E-state index is -0.733. The zero-order chi connectivity index (χ0) is 62.3. The van der Waals surface area contributed by atoms with E-state index in [0.717, 1.165) is 44.5 Å². The van der Waals surface area contributed by atoms with E-state index in [0.29, 0.717) is 66.6 Å². The lowest BCUT2D eigenvalue weighted by molar-refractivity contribution is 0.0826. The van der Waals surface area contributed by atoms with Crippen LogP contribution in [0.2, 0.25) is 0 Å². The number of aromatic nitrogens is 4. The predicted octanol–water partition coefficient (Wildman–Crippen LogP) is 19.5. The number of carbonyl (C=O) groups excluding carboxylic acids is 4. The number of hydrogen-bond donors (Lipinski definition) is 2. The summed E-state index contributed by atoms with van der Waals surface area (Å²) in [5.74, 6) is -2.93. The quantitative estimate of drug-likeness (QED) is 0.169. The average Bonchev–Trinajstić information content (AvgIpc) is 1.75. The van der Waals surface area contributed by atoms with Crippen LogP contribution < -0.4 is 0 Å². The second-order valence-corrected chi connectivity index (χ2v) is 32.2. The van der Waals surface area contributed by atoms with Crippen molar-refractivity contribution in [1.29, 1.82) is 0 Å². The Morgan fingerprint density at radius 3 is 0.512 bits per heavy atom. The molecule has 8 heteroatoms. The summed E-state index contributed by atoms with van der Waals surface area (Å²) in [6.07, 6.45) is 0. The number of nitrogens with zero attached hydrogens (tertiary/aromatic N) is 2. The van der Waals surface area contributed by atoms with Gasteiger partial charge in [0, 0.05) is 44.3 Å². The molecule has 0 radical (unpaired) electrons. The van der Waals surface area contributed by atoms with Crippen molar-refractivity contribution in [3.8, 4) is 44.5 Å². The SMILES string of the molecule is CC(C)(C)c1cc(-c2c3nc(c(-c4cc(C(C)(C)C)cc(C(C)(C)C)c4)c4ccc([nH]4)c(-c4cc(C(C)(C)C)cc(C(C)(C)C)c4)c4nc(c(-c5cc(C(C)(C)C)cc(C(C)(C)C)c5)c5ccc2[nH]5)C(=O)C4=O)C(=O)C3=O)cc(C(C)(C)C)c1. The van der Waals surface area contributed by atoms with Crippen molar-refractivity contribution in [3.05, 3.63) is 164 Å². The molecule has 8 bridgehead atoms. The molecular formula is C76H90N4O4. The number of carbonyl (C=O) groups is 4. The lowest BCUT2D eigenvalue weighted by atomic mass is 9.78. The second kappa shape index (κ2) is 20.2. The van der Waals surface area contributed by atoms with Crippen LogP contribution in [0.15, 0.2) is 97.1 Å². The van der Waals surface area contributed by atoms with Crippen LogP contribution in [0, 0.1) is 0 Å². The maximum Gasteiger partial charge on any atom is 0.254 e. The van der Waals surface area contributed by atoms with Gasteiger partial charge in [-0.25, -0.2) is 9.97 Å². The van der Waals surface area contributed by atoms with Crippen LogP contribution in [-0.2, 0) is 43.3 Å². The third-order valence-corrected chi connectivity index (χ3v) is 16.9. The molecule has 0 atom stereocenters. The number of nitrogens with one attached hydrogen (secondary N) is 2. The first-order valence-corrected chi connectivity index (χ1v) is 30.0. The Bertz CT molecular complexity index is 3440. The van der Waals surface area contributed by atoms with E-state index in [1.54, 1.807) is 0 Å². The van der Waals surface area contributed by atoms with Gasteiger partial charge in [-0.15, -0.1) is 0 Å². The number of aromatic amines is 2. The van der Waals surface area contributed by atoms with Crippen molar-refractivity contribution < 1.29 is 19.2 Å². The summed E-state index contributed by atoms with van der Waals surface area (Å²) >= 11 is 0. The van der Waals surface area contributed by atoms with E-state index in [-0.39, 0.29) is 66.1 Å². The number of benzene rings is 4. The summed E-state index contributed by atoms with van der Waals surface area (Å²) in [4.78, 5) is 80.7. The van der Waals surface area contributed by atoms with Gasteiger partial charge in [-0.3, -0.25) is 19.2 Å². The van der Waals surface area contributed by atoms with Crippen LogP contribution in [0.4, 0.5) is 0 Å². The Morgan fingerprint density at radius 1 is 0.238 bits per heavy atom. The second-order valence-electron chi connectivity index (χ2n) is 32.2. The van der Waals surface area contributed by atoms with Crippen molar-refractivity contribution in [2.45, 2.75) is 209 Å². The zero-order valence-electron chi connectivity index (χ0n) is 54.8. The van der Waals surface area contributed by atoms with Gasteiger partial charge in [0.2, 0.25) is 0 Å². The molecular weight excluding hydrogens is 1030 g/mol. The lowest BCUT2D eigenvalue weighted by Crippen LogP contribution is -2.17. The van der Waals surface area contributed by atoms with Gasteiger partial charge in [0.15, 0.2) is 0 Å². The van der Waals surface area contributed by atoms with E-state index in [1.165, 1.54) is 0 Å². The molecule has 2 N–H and O–H groups in total. The summed E-state index contributed by atoms with van der Waals surface area (Å²) < 4.78 is 0. The molecule has 0 spiro atoms. The summed E-state index contributed by atoms with van der Waals surface area (Å²) in [5, 5.41) is 0. The normalized spacial score (nSPS) is 14.3. The van der Waals surface area contributed by atoms with Gasteiger partial charge in [0.1, 0.15) is 22.8 Å². The van der Waals surface area contributed by atoms with Gasteiger partial charge in [-0.1, -0.05) is 239 Å². The smallest absolute Gasteiger partial charge is 0.254 e. The maximum atomic E-state index is 15.6. The summed E-state index contributed by atoms with van der Waals surface area (Å²) in [7, 11) is 0. The van der Waals surface area contributed by atoms with Gasteiger partial charge >= 0.3 is 0 Å². The molecule has 8 nitrogen and oxygen atoms in total. The zero-order valence-corrected chi connectivity index (χ0v) is 54.8. The summed E-state index contributed by atoms with van der Waals surface area (Å²) in [6, 6.07) is 33.4. The number of fused-ring (bicyclic) bond motifs is 8. The Hall–Kier alpha value is -7.32. The van der Waals surface area contributed by atoms with Crippen LogP contribution in [-0.4, -0.2) is 43.1 Å². The fraction of sp³-hybridized carbons (Fsp3) is 0.421. The Morgan fingerprint density at radius 2 is 0.381 bits per heavy atom. The molecule has 84 heavy (non-hydrogen) atoms. The van der Waals surface area contributed by atoms with Crippen LogP contribution in [0.1, 0.15) is 253 Å². The van der Waals surface area contributed by atoms with Gasteiger partial charge in [-0.2, -0.15) is 0 Å². The summed E-state index contributed by atoms with van der Waals surface area (Å²) in [6.45, 7) is 52.1. The molecule has 0 fully saturated rings. The Balaban J connectivity index is 1.63. The van der Waals surface area contributed by atoms with E-state index in [2.05, 4.69) is 249 Å². The molecule has 0 saturated carbocycles. The third-order valence-electron chi connectivity index (χ3n) is 16.9. The molecule has 438 valence electrons. The van der Waals surface area contributed by atoms with Gasteiger partial charge in [0.05, 0.1) is 0 Å². The number of rotatable bonds is 4. The molecule has 9 rings (SSSR count). The minimum Gasteiger partial charge on any atom is -0.354 e. The van der Waals surface area contributed by atoms with E-state index < -0.39 is 23.1 Å². The van der Waals surface area contributed by atoms with Crippen molar-refractivity contribution in [2.75, 3.05) is 0 Å². The van der Waals surface area contributed by atoms with Crippen LogP contribution in [0.3, 0.4) is 0 Å². The van der Waals surface area contributed by atoms with Crippen molar-refractivity contribution in [1.82, 2.24) is 19.9 Å². The molecule has 0 unspecified atom stereocenters. The molecule has 0 saturated heterocycles. The molecule has 4 aromatic carbocycles. The largest absolute Gasteiger partial charge is 0.354 e. The van der Waals surface area contributed by atoms with E-state index in [4.69, 9.17) is 9.97 Å². The van der Waals surface area contributed by atoms with Crippen molar-refractivity contribution in [2.24, 2.45) is 0 Å². The topological polar surface area (TPSA) is 126 Å². The molecule has 0 amide bonds. The lowest BCUT2D eigenvalue weighted by Gasteiger charge is -2.26. The predicted molar refractivity (Wildman–Crippen MR) is 350 cm³/mol. The first-order chi connectivity index (χ1) is 38.3.